The number of nitrogens with two attached hydrogens (primary N) is 1. The Hall–Kier alpha value is -1.89. The van der Waals surface area contributed by atoms with E-state index in [1.165, 1.54) is 17.3 Å². The van der Waals surface area contributed by atoms with E-state index in [1.54, 1.807) is 4.68 Å². The second-order valence-corrected chi connectivity index (χ2v) is 4.84. The zero-order valence-electron chi connectivity index (χ0n) is 10.1. The Bertz CT molecular complexity index is 581. The Morgan fingerprint density at radius 3 is 2.83 bits per heavy atom. The first-order chi connectivity index (χ1) is 8.58. The number of amides is 1. The van der Waals surface area contributed by atoms with Crippen molar-refractivity contribution >= 4 is 17.7 Å². The maximum absolute atomic E-state index is 10.8. The molecule has 2 aromatic rings. The van der Waals surface area contributed by atoms with Gasteiger partial charge < -0.3 is 5.73 Å². The molecule has 0 unspecified atom stereocenters. The molecule has 6 nitrogen and oxygen atoms in total. The molecule has 0 saturated heterocycles. The molecule has 1 amide bonds. The lowest BCUT2D eigenvalue weighted by molar-refractivity contribution is -0.115. The Balaban J connectivity index is 2.30. The van der Waals surface area contributed by atoms with Crippen molar-refractivity contribution in [2.75, 3.05) is 5.75 Å². The molecular weight excluding hydrogens is 250 g/mol. The van der Waals surface area contributed by atoms with Gasteiger partial charge in [0.15, 0.2) is 0 Å². The first kappa shape index (κ1) is 12.6. The van der Waals surface area contributed by atoms with Gasteiger partial charge in [0.1, 0.15) is 0 Å². The molecule has 0 spiro atoms. The third-order valence-electron chi connectivity index (χ3n) is 2.52. The van der Waals surface area contributed by atoms with E-state index in [9.17, 15) is 4.79 Å². The molecule has 0 aliphatic heterocycles. The monoisotopic (exact) mass is 263 g/mol. The van der Waals surface area contributed by atoms with Crippen molar-refractivity contribution in [3.8, 4) is 5.69 Å². The van der Waals surface area contributed by atoms with Crippen LogP contribution in [0.25, 0.3) is 5.69 Å². The van der Waals surface area contributed by atoms with Gasteiger partial charge in [0.25, 0.3) is 0 Å². The van der Waals surface area contributed by atoms with E-state index >= 15 is 0 Å². The van der Waals surface area contributed by atoms with Gasteiger partial charge in [-0.1, -0.05) is 17.8 Å². The van der Waals surface area contributed by atoms with Crippen LogP contribution in [0, 0.1) is 13.8 Å². The molecule has 0 fully saturated rings. The lowest BCUT2D eigenvalue weighted by atomic mass is 10.1. The zero-order chi connectivity index (χ0) is 13.1. The molecule has 0 bridgehead atoms. The lowest BCUT2D eigenvalue weighted by Crippen LogP contribution is -2.13. The highest BCUT2D eigenvalue weighted by Crippen LogP contribution is 2.19. The minimum absolute atomic E-state index is 0.158. The fourth-order valence-corrected chi connectivity index (χ4v) is 2.05. The number of hydrogen-bond acceptors (Lipinski definition) is 5. The molecule has 2 N–H and O–H groups in total. The van der Waals surface area contributed by atoms with Crippen molar-refractivity contribution < 1.29 is 4.79 Å². The second-order valence-electron chi connectivity index (χ2n) is 3.90. The van der Waals surface area contributed by atoms with E-state index in [0.717, 1.165) is 11.3 Å². The van der Waals surface area contributed by atoms with Gasteiger partial charge >= 0.3 is 0 Å². The number of carbonyl (C=O) groups excluding carboxylic acids is 1. The molecule has 18 heavy (non-hydrogen) atoms. The van der Waals surface area contributed by atoms with E-state index in [2.05, 4.69) is 15.5 Å². The topological polar surface area (TPSA) is 86.7 Å². The van der Waals surface area contributed by atoms with Crippen LogP contribution in [-0.4, -0.2) is 31.9 Å². The van der Waals surface area contributed by atoms with Crippen LogP contribution in [-0.2, 0) is 4.79 Å². The summed E-state index contributed by atoms with van der Waals surface area (Å²) in [5, 5.41) is 12.0. The predicted octanol–water partition coefficient (Wildman–Crippen LogP) is 0.857. The molecule has 0 radical (unpaired) electrons. The summed E-state index contributed by atoms with van der Waals surface area (Å²) in [6.07, 6.45) is 0. The average molecular weight is 263 g/mol. The summed E-state index contributed by atoms with van der Waals surface area (Å²) in [7, 11) is 0. The van der Waals surface area contributed by atoms with Crippen molar-refractivity contribution in [1.82, 2.24) is 20.2 Å². The molecule has 1 aromatic heterocycles. The summed E-state index contributed by atoms with van der Waals surface area (Å²) in [5.74, 6) is -0.236. The number of aromatic nitrogens is 4. The molecule has 0 aliphatic carbocycles. The standard InChI is InChI=1S/C11H13N5OS/c1-7-3-4-9(5-8(7)2)16-11(13-14-15-16)18-6-10(12)17/h3-5H,6H2,1-2H3,(H2,12,17). The van der Waals surface area contributed by atoms with Gasteiger partial charge in [-0.05, 0) is 47.5 Å². The summed E-state index contributed by atoms with van der Waals surface area (Å²) in [4.78, 5) is 10.8. The second kappa shape index (κ2) is 5.18. The van der Waals surface area contributed by atoms with Gasteiger partial charge in [0, 0.05) is 0 Å². The number of benzene rings is 1. The summed E-state index contributed by atoms with van der Waals surface area (Å²) >= 11 is 1.22. The van der Waals surface area contributed by atoms with Crippen molar-refractivity contribution in [3.05, 3.63) is 29.3 Å². The van der Waals surface area contributed by atoms with Crippen molar-refractivity contribution in [2.24, 2.45) is 5.73 Å². The normalized spacial score (nSPS) is 10.6. The summed E-state index contributed by atoms with van der Waals surface area (Å²) in [5.41, 5.74) is 8.34. The van der Waals surface area contributed by atoms with Crippen LogP contribution < -0.4 is 5.73 Å². The molecule has 2 rings (SSSR count). The third-order valence-corrected chi connectivity index (χ3v) is 3.46. The van der Waals surface area contributed by atoms with Crippen molar-refractivity contribution in [2.45, 2.75) is 19.0 Å². The van der Waals surface area contributed by atoms with Gasteiger partial charge in [-0.2, -0.15) is 4.68 Å². The number of aryl methyl sites for hydroxylation is 2. The minimum Gasteiger partial charge on any atom is -0.369 e. The summed E-state index contributed by atoms with van der Waals surface area (Å²) < 4.78 is 1.60. The van der Waals surface area contributed by atoms with Crippen LogP contribution in [0.2, 0.25) is 0 Å². The van der Waals surface area contributed by atoms with E-state index in [0.29, 0.717) is 5.16 Å². The molecule has 0 saturated carbocycles. The molecule has 94 valence electrons. The maximum Gasteiger partial charge on any atom is 0.227 e. The van der Waals surface area contributed by atoms with E-state index in [-0.39, 0.29) is 5.75 Å². The van der Waals surface area contributed by atoms with E-state index in [4.69, 9.17) is 5.73 Å². The zero-order valence-corrected chi connectivity index (χ0v) is 10.9. The van der Waals surface area contributed by atoms with Crippen LogP contribution in [0.3, 0.4) is 0 Å². The van der Waals surface area contributed by atoms with Gasteiger partial charge in [-0.25, -0.2) is 0 Å². The number of tetrazole rings is 1. The highest BCUT2D eigenvalue weighted by atomic mass is 32.2. The van der Waals surface area contributed by atoms with Gasteiger partial charge in [-0.3, -0.25) is 4.79 Å². The molecule has 1 heterocycles. The number of hydrogen-bond donors (Lipinski definition) is 1. The van der Waals surface area contributed by atoms with E-state index < -0.39 is 5.91 Å². The maximum atomic E-state index is 10.8. The average Bonchev–Trinajstić information content (AvgIpc) is 2.78. The largest absolute Gasteiger partial charge is 0.369 e. The predicted molar refractivity (Wildman–Crippen MR) is 68.5 cm³/mol. The van der Waals surface area contributed by atoms with Gasteiger partial charge in [0.2, 0.25) is 11.1 Å². The number of nitrogens with zero attached hydrogens (tertiary/aromatic N) is 4. The number of thioether (sulfide) groups is 1. The third kappa shape index (κ3) is 2.67. The van der Waals surface area contributed by atoms with E-state index in [1.807, 2.05) is 32.0 Å². The fraction of sp³-hybridized carbons (Fsp3) is 0.273. The highest BCUT2D eigenvalue weighted by molar-refractivity contribution is 7.99. The Morgan fingerprint density at radius 2 is 2.17 bits per heavy atom. The Kier molecular flexibility index (Phi) is 3.61. The minimum atomic E-state index is -0.394. The fourth-order valence-electron chi connectivity index (χ4n) is 1.42. The number of carbonyl (C=O) groups is 1. The quantitative estimate of drug-likeness (QED) is 0.827. The molecule has 1 aromatic carbocycles. The molecular formula is C11H13N5OS. The Labute approximate surface area is 109 Å². The van der Waals surface area contributed by atoms with Crippen molar-refractivity contribution in [3.63, 3.8) is 0 Å². The van der Waals surface area contributed by atoms with Gasteiger partial charge in [0.05, 0.1) is 11.4 Å². The Morgan fingerprint density at radius 1 is 1.39 bits per heavy atom. The highest BCUT2D eigenvalue weighted by Gasteiger charge is 2.10. The SMILES string of the molecule is Cc1ccc(-n2nnnc2SCC(N)=O)cc1C. The van der Waals surface area contributed by atoms with Gasteiger partial charge in [-0.15, -0.1) is 5.10 Å². The first-order valence-corrected chi connectivity index (χ1v) is 6.33. The molecule has 7 heteroatoms. The molecule has 0 atom stereocenters. The van der Waals surface area contributed by atoms with Crippen LogP contribution in [0.1, 0.15) is 11.1 Å². The number of rotatable bonds is 4. The smallest absolute Gasteiger partial charge is 0.227 e. The van der Waals surface area contributed by atoms with Crippen molar-refractivity contribution in [1.29, 1.82) is 0 Å². The summed E-state index contributed by atoms with van der Waals surface area (Å²) in [6.45, 7) is 4.07. The molecule has 0 aliphatic rings. The first-order valence-electron chi connectivity index (χ1n) is 5.35. The lowest BCUT2D eigenvalue weighted by Gasteiger charge is -2.06. The van der Waals surface area contributed by atoms with Crippen LogP contribution in [0.15, 0.2) is 23.4 Å². The summed E-state index contributed by atoms with van der Waals surface area (Å²) in [6, 6.07) is 5.95. The van der Waals surface area contributed by atoms with Crippen LogP contribution in [0.4, 0.5) is 0 Å². The number of primary amides is 1. The van der Waals surface area contributed by atoms with Crippen LogP contribution >= 0.6 is 11.8 Å². The van der Waals surface area contributed by atoms with Crippen LogP contribution in [0.5, 0.6) is 0 Å².